The summed E-state index contributed by atoms with van der Waals surface area (Å²) in [5.74, 6) is 3.75. The predicted molar refractivity (Wildman–Crippen MR) is 152 cm³/mol. The highest BCUT2D eigenvalue weighted by Crippen LogP contribution is 2.51. The molecule has 5 rings (SSSR count). The molecule has 1 aliphatic heterocycles. The summed E-state index contributed by atoms with van der Waals surface area (Å²) in [6.45, 7) is 0. The van der Waals surface area contributed by atoms with Crippen molar-refractivity contribution in [3.63, 3.8) is 0 Å². The van der Waals surface area contributed by atoms with Crippen molar-refractivity contribution >= 4 is 6.08 Å². The molecular formula is C33H32O6. The second-order valence-electron chi connectivity index (χ2n) is 9.32. The molecule has 1 aliphatic rings. The number of ether oxygens (including phenoxy) is 5. The van der Waals surface area contributed by atoms with E-state index in [9.17, 15) is 5.11 Å². The van der Waals surface area contributed by atoms with Crippen LogP contribution in [0.15, 0.2) is 84.9 Å². The van der Waals surface area contributed by atoms with E-state index in [0.717, 1.165) is 34.4 Å². The van der Waals surface area contributed by atoms with Gasteiger partial charge in [0.25, 0.3) is 0 Å². The summed E-state index contributed by atoms with van der Waals surface area (Å²) in [4.78, 5) is 0. The van der Waals surface area contributed by atoms with E-state index in [1.807, 2.05) is 48.5 Å². The van der Waals surface area contributed by atoms with Crippen LogP contribution in [0.5, 0.6) is 34.5 Å². The second-order valence-corrected chi connectivity index (χ2v) is 9.32. The van der Waals surface area contributed by atoms with Gasteiger partial charge in [-0.1, -0.05) is 48.6 Å². The van der Waals surface area contributed by atoms with Crippen molar-refractivity contribution in [3.05, 3.63) is 113 Å². The van der Waals surface area contributed by atoms with Crippen molar-refractivity contribution in [2.75, 3.05) is 28.4 Å². The van der Waals surface area contributed by atoms with Gasteiger partial charge in [-0.25, -0.2) is 0 Å². The van der Waals surface area contributed by atoms with Crippen LogP contribution in [0, 0.1) is 0 Å². The Bertz CT molecular complexity index is 1470. The zero-order valence-electron chi connectivity index (χ0n) is 22.5. The van der Waals surface area contributed by atoms with Crippen molar-refractivity contribution in [3.8, 4) is 34.5 Å². The van der Waals surface area contributed by atoms with Crippen LogP contribution in [0.1, 0.15) is 39.8 Å². The number of phenolic OH excluding ortho intramolecular Hbond substituents is 1. The molecule has 6 heteroatoms. The topological polar surface area (TPSA) is 66.4 Å². The van der Waals surface area contributed by atoms with Gasteiger partial charge in [0.15, 0.2) is 23.0 Å². The molecule has 0 amide bonds. The molecule has 0 aliphatic carbocycles. The van der Waals surface area contributed by atoms with E-state index < -0.39 is 0 Å². The van der Waals surface area contributed by atoms with E-state index >= 15 is 0 Å². The lowest BCUT2D eigenvalue weighted by molar-refractivity contribution is 0.222. The second kappa shape index (κ2) is 11.4. The third-order valence-electron chi connectivity index (χ3n) is 7.03. The lowest BCUT2D eigenvalue weighted by Crippen LogP contribution is -2.11. The zero-order chi connectivity index (χ0) is 27.4. The predicted octanol–water partition coefficient (Wildman–Crippen LogP) is 6.95. The Morgan fingerprint density at radius 2 is 1.33 bits per heavy atom. The van der Waals surface area contributed by atoms with Crippen molar-refractivity contribution in [2.45, 2.75) is 18.4 Å². The first-order chi connectivity index (χ1) is 19.0. The van der Waals surface area contributed by atoms with Crippen LogP contribution in [-0.2, 0) is 6.42 Å². The minimum atomic E-state index is -0.253. The molecule has 2 atom stereocenters. The summed E-state index contributed by atoms with van der Waals surface area (Å²) in [6.07, 6.45) is 4.72. The van der Waals surface area contributed by atoms with Crippen LogP contribution in [0.2, 0.25) is 0 Å². The van der Waals surface area contributed by atoms with E-state index in [1.165, 1.54) is 5.56 Å². The number of phenols is 1. The lowest BCUT2D eigenvalue weighted by Gasteiger charge is -2.21. The first-order valence-corrected chi connectivity index (χ1v) is 12.7. The average molecular weight is 525 g/mol. The molecule has 0 aromatic heterocycles. The van der Waals surface area contributed by atoms with Crippen LogP contribution >= 0.6 is 0 Å². The molecule has 4 aromatic rings. The molecule has 0 bridgehead atoms. The highest BCUT2D eigenvalue weighted by Gasteiger charge is 2.37. The number of fused-ring (bicyclic) bond motifs is 1. The highest BCUT2D eigenvalue weighted by atomic mass is 16.5. The van der Waals surface area contributed by atoms with Gasteiger partial charge in [0, 0.05) is 5.56 Å². The van der Waals surface area contributed by atoms with E-state index in [-0.39, 0.29) is 17.8 Å². The van der Waals surface area contributed by atoms with Gasteiger partial charge in [-0.3, -0.25) is 0 Å². The number of hydrogen-bond acceptors (Lipinski definition) is 6. The summed E-state index contributed by atoms with van der Waals surface area (Å²) in [5.41, 5.74) is 5.36. The quantitative estimate of drug-likeness (QED) is 0.256. The maximum atomic E-state index is 9.85. The van der Waals surface area contributed by atoms with Gasteiger partial charge in [-0.2, -0.15) is 0 Å². The maximum absolute atomic E-state index is 9.85. The average Bonchev–Trinajstić information content (AvgIpc) is 3.35. The molecule has 0 saturated heterocycles. The summed E-state index contributed by atoms with van der Waals surface area (Å²) in [5, 5.41) is 9.85. The SMILES string of the molecule is COc1ccc(/C=C/Cc2ccc3c(c2)C(c2ccc(OC)c(OC)c2)C(c2ccc(O)cc2)O3)cc1OC. The molecular weight excluding hydrogens is 492 g/mol. The Morgan fingerprint density at radius 1 is 0.692 bits per heavy atom. The van der Waals surface area contributed by atoms with Gasteiger partial charge in [-0.15, -0.1) is 0 Å². The normalized spacial score (nSPS) is 16.0. The molecule has 0 fully saturated rings. The molecule has 1 heterocycles. The molecule has 39 heavy (non-hydrogen) atoms. The fourth-order valence-electron chi connectivity index (χ4n) is 5.06. The van der Waals surface area contributed by atoms with Crippen LogP contribution < -0.4 is 23.7 Å². The summed E-state index contributed by atoms with van der Waals surface area (Å²) < 4.78 is 28.3. The Kier molecular flexibility index (Phi) is 7.64. The molecule has 4 aromatic carbocycles. The minimum Gasteiger partial charge on any atom is -0.508 e. The molecule has 200 valence electrons. The number of aromatic hydroxyl groups is 1. The molecule has 6 nitrogen and oxygen atoms in total. The molecule has 0 saturated carbocycles. The van der Waals surface area contributed by atoms with Gasteiger partial charge in [0.2, 0.25) is 0 Å². The number of benzene rings is 4. The fourth-order valence-corrected chi connectivity index (χ4v) is 5.06. The lowest BCUT2D eigenvalue weighted by atomic mass is 9.84. The third kappa shape index (κ3) is 5.36. The van der Waals surface area contributed by atoms with E-state index in [2.05, 4.69) is 30.4 Å². The summed E-state index contributed by atoms with van der Waals surface area (Å²) in [6, 6.07) is 25.4. The van der Waals surface area contributed by atoms with Gasteiger partial charge in [0.05, 0.1) is 34.4 Å². The van der Waals surface area contributed by atoms with Crippen molar-refractivity contribution in [1.29, 1.82) is 0 Å². The third-order valence-corrected chi connectivity index (χ3v) is 7.03. The van der Waals surface area contributed by atoms with Crippen LogP contribution in [0.4, 0.5) is 0 Å². The van der Waals surface area contributed by atoms with Gasteiger partial charge < -0.3 is 28.8 Å². The van der Waals surface area contributed by atoms with Gasteiger partial charge >= 0.3 is 0 Å². The van der Waals surface area contributed by atoms with Crippen LogP contribution in [-0.4, -0.2) is 33.5 Å². The Hall–Kier alpha value is -4.58. The zero-order valence-corrected chi connectivity index (χ0v) is 22.5. The van der Waals surface area contributed by atoms with E-state index in [0.29, 0.717) is 23.0 Å². The number of rotatable bonds is 9. The molecule has 2 unspecified atom stereocenters. The Balaban J connectivity index is 1.47. The van der Waals surface area contributed by atoms with Crippen molar-refractivity contribution in [2.24, 2.45) is 0 Å². The monoisotopic (exact) mass is 524 g/mol. The first-order valence-electron chi connectivity index (χ1n) is 12.7. The van der Waals surface area contributed by atoms with Gasteiger partial charge in [0.1, 0.15) is 17.6 Å². The molecule has 0 spiro atoms. The van der Waals surface area contributed by atoms with Crippen molar-refractivity contribution < 1.29 is 28.8 Å². The van der Waals surface area contributed by atoms with Gasteiger partial charge in [-0.05, 0) is 71.1 Å². The number of allylic oxidation sites excluding steroid dienone is 1. The number of hydrogen-bond donors (Lipinski definition) is 1. The number of methoxy groups -OCH3 is 4. The Labute approximate surface area is 229 Å². The highest BCUT2D eigenvalue weighted by molar-refractivity contribution is 5.57. The molecule has 0 radical (unpaired) electrons. The van der Waals surface area contributed by atoms with E-state index in [4.69, 9.17) is 23.7 Å². The largest absolute Gasteiger partial charge is 0.508 e. The van der Waals surface area contributed by atoms with Crippen LogP contribution in [0.25, 0.3) is 6.08 Å². The minimum absolute atomic E-state index is 0.0703. The summed E-state index contributed by atoms with van der Waals surface area (Å²) in [7, 11) is 6.54. The smallest absolute Gasteiger partial charge is 0.161 e. The Morgan fingerprint density at radius 3 is 2.03 bits per heavy atom. The standard InChI is InChI=1S/C33H32O6/c1-35-28-16-9-22(19-30(28)37-3)7-5-6-21-8-15-27-26(18-21)32(24-12-17-29(36-2)31(20-24)38-4)33(39-27)23-10-13-25(34)14-11-23/h5,7-20,32-34H,6H2,1-4H3/b7-5+. The van der Waals surface area contributed by atoms with E-state index in [1.54, 1.807) is 40.6 Å². The fraction of sp³-hybridized carbons (Fsp3) is 0.212. The maximum Gasteiger partial charge on any atom is 0.161 e. The summed E-state index contributed by atoms with van der Waals surface area (Å²) >= 11 is 0. The van der Waals surface area contributed by atoms with Crippen molar-refractivity contribution in [1.82, 2.24) is 0 Å². The molecule has 1 N–H and O–H groups in total. The first kappa shape index (κ1) is 26.0. The van der Waals surface area contributed by atoms with Crippen LogP contribution in [0.3, 0.4) is 0 Å².